The van der Waals surface area contributed by atoms with Crippen molar-refractivity contribution in [2.75, 3.05) is 4.90 Å². The predicted octanol–water partition coefficient (Wildman–Crippen LogP) is 12.5. The molecule has 3 heteroatoms. The summed E-state index contributed by atoms with van der Waals surface area (Å²) in [6, 6.07) is 64.0. The maximum absolute atomic E-state index is 2.53. The summed E-state index contributed by atoms with van der Waals surface area (Å²) in [7, 11) is 0. The first-order chi connectivity index (χ1) is 24.3. The molecule has 0 saturated heterocycles. The molecule has 0 bridgehead atoms. The van der Waals surface area contributed by atoms with Gasteiger partial charge in [-0.3, -0.25) is 0 Å². The quantitative estimate of drug-likeness (QED) is 0.178. The fourth-order valence-corrected chi connectivity index (χ4v) is 8.37. The van der Waals surface area contributed by atoms with Gasteiger partial charge in [0.1, 0.15) is 0 Å². The van der Waals surface area contributed by atoms with E-state index < -0.39 is 0 Å². The van der Waals surface area contributed by atoms with Gasteiger partial charge in [0, 0.05) is 38.6 Å². The molecule has 49 heavy (non-hydrogen) atoms. The number of rotatable bonds is 4. The van der Waals surface area contributed by atoms with E-state index in [1.54, 1.807) is 0 Å². The number of fused-ring (bicyclic) bond motifs is 12. The van der Waals surface area contributed by atoms with Gasteiger partial charge in [-0.2, -0.15) is 0 Å². The van der Waals surface area contributed by atoms with Crippen molar-refractivity contribution < 1.29 is 0 Å². The number of nitrogens with zero attached hydrogens (tertiary/aromatic N) is 3. The molecule has 228 valence electrons. The van der Waals surface area contributed by atoms with Crippen molar-refractivity contribution in [2.45, 2.75) is 0 Å². The predicted molar refractivity (Wildman–Crippen MR) is 207 cm³/mol. The molecule has 0 aliphatic heterocycles. The van der Waals surface area contributed by atoms with E-state index in [4.69, 9.17) is 0 Å². The Morgan fingerprint density at radius 3 is 1.41 bits per heavy atom. The molecule has 3 heterocycles. The molecule has 11 aromatic rings. The number of para-hydroxylation sites is 4. The van der Waals surface area contributed by atoms with Crippen LogP contribution in [0.1, 0.15) is 0 Å². The highest BCUT2D eigenvalue weighted by Gasteiger charge is 2.25. The van der Waals surface area contributed by atoms with E-state index in [2.05, 4.69) is 190 Å². The van der Waals surface area contributed by atoms with E-state index in [1.807, 2.05) is 0 Å². The van der Waals surface area contributed by atoms with Crippen LogP contribution in [0, 0.1) is 0 Å². The first-order valence-electron chi connectivity index (χ1n) is 16.9. The largest absolute Gasteiger partial charge is 0.310 e. The normalized spacial score (nSPS) is 12.1. The average molecular weight is 624 g/mol. The van der Waals surface area contributed by atoms with Crippen LogP contribution in [0.5, 0.6) is 0 Å². The van der Waals surface area contributed by atoms with E-state index >= 15 is 0 Å². The second-order valence-electron chi connectivity index (χ2n) is 13.0. The number of aromatic nitrogens is 2. The van der Waals surface area contributed by atoms with Crippen LogP contribution in [-0.4, -0.2) is 8.80 Å². The zero-order chi connectivity index (χ0) is 32.1. The summed E-state index contributed by atoms with van der Waals surface area (Å²) in [5.74, 6) is 0. The zero-order valence-electron chi connectivity index (χ0n) is 26.6. The van der Waals surface area contributed by atoms with Crippen LogP contribution in [0.25, 0.3) is 76.5 Å². The lowest BCUT2D eigenvalue weighted by Crippen LogP contribution is -2.09. The van der Waals surface area contributed by atoms with E-state index in [1.165, 1.54) is 76.5 Å². The van der Waals surface area contributed by atoms with Crippen molar-refractivity contribution in [1.29, 1.82) is 0 Å². The summed E-state index contributed by atoms with van der Waals surface area (Å²) in [6.45, 7) is 0. The standard InChI is InChI=1S/C46H29N3/c1-3-13-30(14-4-1)31-23-25-33(26-24-31)47(32-15-5-2-6-16-32)34-27-28-38-42(29-34)49-41-22-12-11-21-40(41)48-39-20-10-9-19-37(39)43-35-17-7-8-18-36(35)44(38)46(49)45(43)48/h1-29H. The number of anilines is 3. The minimum Gasteiger partial charge on any atom is -0.310 e. The van der Waals surface area contributed by atoms with Crippen LogP contribution >= 0.6 is 0 Å². The molecule has 8 aromatic carbocycles. The molecule has 0 saturated carbocycles. The molecule has 0 fully saturated rings. The molecule has 0 radical (unpaired) electrons. The van der Waals surface area contributed by atoms with Crippen LogP contribution < -0.4 is 4.90 Å². The maximum Gasteiger partial charge on any atom is 0.0796 e. The van der Waals surface area contributed by atoms with Crippen molar-refractivity contribution in [3.63, 3.8) is 0 Å². The van der Waals surface area contributed by atoms with Crippen LogP contribution in [0.4, 0.5) is 17.1 Å². The van der Waals surface area contributed by atoms with E-state index in [0.29, 0.717) is 0 Å². The second-order valence-corrected chi connectivity index (χ2v) is 13.0. The molecule has 0 aliphatic rings. The Morgan fingerprint density at radius 1 is 0.306 bits per heavy atom. The summed E-state index contributed by atoms with van der Waals surface area (Å²) in [6.07, 6.45) is 0. The van der Waals surface area contributed by atoms with Crippen molar-refractivity contribution in [3.05, 3.63) is 176 Å². The van der Waals surface area contributed by atoms with Crippen LogP contribution in [-0.2, 0) is 0 Å². The molecule has 11 rings (SSSR count). The smallest absolute Gasteiger partial charge is 0.0796 e. The Hall–Kier alpha value is -6.58. The summed E-state index contributed by atoms with van der Waals surface area (Å²) in [5, 5.41) is 7.77. The highest BCUT2D eigenvalue weighted by atomic mass is 15.1. The minimum atomic E-state index is 1.12. The summed E-state index contributed by atoms with van der Waals surface area (Å²) in [5.41, 5.74) is 13.2. The van der Waals surface area contributed by atoms with E-state index in [9.17, 15) is 0 Å². The Balaban J connectivity index is 1.26. The van der Waals surface area contributed by atoms with Crippen LogP contribution in [0.3, 0.4) is 0 Å². The summed E-state index contributed by atoms with van der Waals surface area (Å²) < 4.78 is 5.03. The maximum atomic E-state index is 2.53. The molecule has 0 atom stereocenters. The van der Waals surface area contributed by atoms with Gasteiger partial charge in [0.05, 0.1) is 33.1 Å². The summed E-state index contributed by atoms with van der Waals surface area (Å²) >= 11 is 0. The Labute approximate surface area is 282 Å². The SMILES string of the molecule is c1ccc(-c2ccc(N(c3ccccc3)c3ccc4c5c6ccccc6c6c7ccccc7n7c8ccccc8n(c4c3)c5c67)cc2)cc1. The van der Waals surface area contributed by atoms with Gasteiger partial charge in [-0.15, -0.1) is 0 Å². The molecule has 0 amide bonds. The van der Waals surface area contributed by atoms with Gasteiger partial charge in [-0.25, -0.2) is 0 Å². The van der Waals surface area contributed by atoms with Crippen molar-refractivity contribution in [2.24, 2.45) is 0 Å². The Kier molecular flexibility index (Phi) is 5.38. The van der Waals surface area contributed by atoms with Gasteiger partial charge in [-0.05, 0) is 76.5 Å². The first-order valence-corrected chi connectivity index (χ1v) is 16.9. The third-order valence-corrected chi connectivity index (χ3v) is 10.4. The summed E-state index contributed by atoms with van der Waals surface area (Å²) in [4.78, 5) is 2.37. The first kappa shape index (κ1) is 26.5. The highest BCUT2D eigenvalue weighted by molar-refractivity contribution is 6.37. The molecule has 3 nitrogen and oxygen atoms in total. The van der Waals surface area contributed by atoms with Crippen LogP contribution in [0.15, 0.2) is 176 Å². The van der Waals surface area contributed by atoms with Gasteiger partial charge in [0.2, 0.25) is 0 Å². The highest BCUT2D eigenvalue weighted by Crippen LogP contribution is 2.48. The van der Waals surface area contributed by atoms with Gasteiger partial charge in [0.25, 0.3) is 0 Å². The number of hydrogen-bond donors (Lipinski definition) is 0. The van der Waals surface area contributed by atoms with E-state index in [-0.39, 0.29) is 0 Å². The van der Waals surface area contributed by atoms with Crippen molar-refractivity contribution in [3.8, 4) is 11.1 Å². The third-order valence-electron chi connectivity index (χ3n) is 10.4. The monoisotopic (exact) mass is 623 g/mol. The Morgan fingerprint density at radius 2 is 0.755 bits per heavy atom. The zero-order valence-corrected chi connectivity index (χ0v) is 26.6. The third kappa shape index (κ3) is 3.62. The number of benzene rings is 8. The Bertz CT molecular complexity index is 2980. The fourth-order valence-electron chi connectivity index (χ4n) is 8.37. The molecule has 0 spiro atoms. The van der Waals surface area contributed by atoms with Gasteiger partial charge in [0.15, 0.2) is 0 Å². The molecule has 0 N–H and O–H groups in total. The topological polar surface area (TPSA) is 12.1 Å². The second kappa shape index (κ2) is 9.96. The lowest BCUT2D eigenvalue weighted by atomic mass is 9.98. The fraction of sp³-hybridized carbons (Fsp3) is 0. The van der Waals surface area contributed by atoms with Gasteiger partial charge in [-0.1, -0.05) is 121 Å². The lowest BCUT2D eigenvalue weighted by Gasteiger charge is -2.26. The molecule has 0 aliphatic carbocycles. The average Bonchev–Trinajstić information content (AvgIpc) is 3.70. The van der Waals surface area contributed by atoms with Gasteiger partial charge < -0.3 is 13.7 Å². The molecular formula is C46H29N3. The van der Waals surface area contributed by atoms with Crippen LogP contribution in [0.2, 0.25) is 0 Å². The van der Waals surface area contributed by atoms with E-state index in [0.717, 1.165) is 17.1 Å². The van der Waals surface area contributed by atoms with Crippen molar-refractivity contribution in [1.82, 2.24) is 8.80 Å². The lowest BCUT2D eigenvalue weighted by molar-refractivity contribution is 1.25. The number of hydrogen-bond acceptors (Lipinski definition) is 1. The molecular weight excluding hydrogens is 595 g/mol. The van der Waals surface area contributed by atoms with Gasteiger partial charge >= 0.3 is 0 Å². The van der Waals surface area contributed by atoms with Crippen molar-refractivity contribution >= 4 is 82.5 Å². The molecule has 0 unspecified atom stereocenters. The molecule has 3 aromatic heterocycles. The minimum absolute atomic E-state index is 1.12.